The summed E-state index contributed by atoms with van der Waals surface area (Å²) in [6, 6.07) is 3.78. The molecule has 1 fully saturated rings. The molecule has 0 radical (unpaired) electrons. The number of piperidine rings is 1. The standard InChI is InChI=1S/C29H42N2O6/c1-17-20(15-24(32)33)26(31-12-11-29(6,7)16-23(31)37-28(3,4)5)25(18(2)30-17)19-13-21(34-8)27(36-10)22(14-19)35-9/h13-14,23H,11-12,15-16H2,1-10H3,(H,32,33). The van der Waals surface area contributed by atoms with Crippen LogP contribution in [0.3, 0.4) is 0 Å². The molecule has 2 aromatic rings. The molecule has 0 saturated carbocycles. The Hall–Kier alpha value is -3.00. The average Bonchev–Trinajstić information content (AvgIpc) is 2.78. The van der Waals surface area contributed by atoms with Gasteiger partial charge in [0.2, 0.25) is 5.75 Å². The van der Waals surface area contributed by atoms with Gasteiger partial charge in [-0.25, -0.2) is 0 Å². The van der Waals surface area contributed by atoms with E-state index in [-0.39, 0.29) is 23.7 Å². The second-order valence-corrected chi connectivity index (χ2v) is 11.5. The molecule has 1 aliphatic heterocycles. The van der Waals surface area contributed by atoms with Crippen LogP contribution in [0.2, 0.25) is 0 Å². The number of pyridine rings is 1. The first-order valence-corrected chi connectivity index (χ1v) is 12.7. The summed E-state index contributed by atoms with van der Waals surface area (Å²) in [6.45, 7) is 15.2. The molecule has 1 aliphatic rings. The smallest absolute Gasteiger partial charge is 0.307 e. The van der Waals surface area contributed by atoms with E-state index in [1.807, 2.05) is 46.8 Å². The molecule has 0 spiro atoms. The number of rotatable bonds is 8. The fraction of sp³-hybridized carbons (Fsp3) is 0.586. The fourth-order valence-electron chi connectivity index (χ4n) is 5.14. The number of aryl methyl sites for hydroxylation is 2. The minimum absolute atomic E-state index is 0.0865. The number of ether oxygens (including phenoxy) is 4. The molecule has 204 valence electrons. The van der Waals surface area contributed by atoms with Crippen molar-refractivity contribution in [1.82, 2.24) is 4.98 Å². The summed E-state index contributed by atoms with van der Waals surface area (Å²) in [5.41, 5.74) is 4.36. The van der Waals surface area contributed by atoms with Gasteiger partial charge in [-0.15, -0.1) is 0 Å². The van der Waals surface area contributed by atoms with E-state index in [0.29, 0.717) is 28.5 Å². The van der Waals surface area contributed by atoms with Gasteiger partial charge in [0.15, 0.2) is 11.5 Å². The minimum Gasteiger partial charge on any atom is -0.493 e. The molecule has 3 rings (SSSR count). The van der Waals surface area contributed by atoms with Crippen LogP contribution in [0.4, 0.5) is 5.69 Å². The van der Waals surface area contributed by atoms with Crippen LogP contribution in [0.25, 0.3) is 11.1 Å². The predicted octanol–water partition coefficient (Wildman–Crippen LogP) is 5.79. The summed E-state index contributed by atoms with van der Waals surface area (Å²) >= 11 is 0. The highest BCUT2D eigenvalue weighted by molar-refractivity contribution is 5.88. The van der Waals surface area contributed by atoms with E-state index in [1.165, 1.54) is 0 Å². The Morgan fingerprint density at radius 3 is 2.16 bits per heavy atom. The van der Waals surface area contributed by atoms with Gasteiger partial charge in [0.1, 0.15) is 6.23 Å². The summed E-state index contributed by atoms with van der Waals surface area (Å²) in [5, 5.41) is 9.88. The van der Waals surface area contributed by atoms with E-state index in [0.717, 1.165) is 41.9 Å². The number of benzene rings is 1. The molecule has 1 atom stereocenters. The Labute approximate surface area is 220 Å². The molecule has 1 N–H and O–H groups in total. The van der Waals surface area contributed by atoms with Crippen LogP contribution < -0.4 is 19.1 Å². The van der Waals surface area contributed by atoms with Crippen molar-refractivity contribution in [2.45, 2.75) is 79.6 Å². The van der Waals surface area contributed by atoms with E-state index in [4.69, 9.17) is 23.9 Å². The number of anilines is 1. The van der Waals surface area contributed by atoms with Gasteiger partial charge >= 0.3 is 5.97 Å². The van der Waals surface area contributed by atoms with Crippen LogP contribution in [-0.2, 0) is 16.0 Å². The molecule has 0 amide bonds. The van der Waals surface area contributed by atoms with Crippen molar-refractivity contribution < 1.29 is 28.8 Å². The van der Waals surface area contributed by atoms with Crippen molar-refractivity contribution in [2.75, 3.05) is 32.8 Å². The molecule has 0 bridgehead atoms. The van der Waals surface area contributed by atoms with Crippen LogP contribution in [-0.4, -0.2) is 55.8 Å². The van der Waals surface area contributed by atoms with Gasteiger partial charge in [-0.05, 0) is 70.6 Å². The van der Waals surface area contributed by atoms with Gasteiger partial charge in [-0.3, -0.25) is 9.78 Å². The van der Waals surface area contributed by atoms with Crippen LogP contribution >= 0.6 is 0 Å². The van der Waals surface area contributed by atoms with Gasteiger partial charge in [-0.1, -0.05) is 13.8 Å². The van der Waals surface area contributed by atoms with Crippen LogP contribution in [0, 0.1) is 19.3 Å². The van der Waals surface area contributed by atoms with E-state index in [9.17, 15) is 9.90 Å². The summed E-state index contributed by atoms with van der Waals surface area (Å²) in [7, 11) is 4.73. The van der Waals surface area contributed by atoms with Crippen molar-refractivity contribution in [1.29, 1.82) is 0 Å². The fourth-order valence-corrected chi connectivity index (χ4v) is 5.14. The lowest BCUT2D eigenvalue weighted by Gasteiger charge is -2.47. The monoisotopic (exact) mass is 514 g/mol. The number of carboxylic acid groups (broad SMARTS) is 1. The molecule has 2 heterocycles. The summed E-state index contributed by atoms with van der Waals surface area (Å²) in [6.07, 6.45) is 1.37. The molecule has 0 aliphatic carbocycles. The molecule has 8 nitrogen and oxygen atoms in total. The first kappa shape index (κ1) is 28.6. The molecule has 8 heteroatoms. The van der Waals surface area contributed by atoms with Gasteiger partial charge in [-0.2, -0.15) is 0 Å². The maximum absolute atomic E-state index is 12.1. The number of carboxylic acids is 1. The van der Waals surface area contributed by atoms with E-state index in [2.05, 4.69) is 18.7 Å². The van der Waals surface area contributed by atoms with Crippen LogP contribution in [0.5, 0.6) is 17.2 Å². The molecule has 1 unspecified atom stereocenters. The largest absolute Gasteiger partial charge is 0.493 e. The number of carbonyl (C=O) groups is 1. The zero-order valence-corrected chi connectivity index (χ0v) is 23.9. The molecular formula is C29H42N2O6. The number of nitrogens with zero attached hydrogens (tertiary/aromatic N) is 2. The highest BCUT2D eigenvalue weighted by Crippen LogP contribution is 2.48. The van der Waals surface area contributed by atoms with Gasteiger partial charge in [0.05, 0.1) is 39.0 Å². The summed E-state index contributed by atoms with van der Waals surface area (Å²) in [4.78, 5) is 19.1. The quantitative estimate of drug-likeness (QED) is 0.474. The third-order valence-corrected chi connectivity index (χ3v) is 6.82. The van der Waals surface area contributed by atoms with Crippen molar-refractivity contribution in [3.05, 3.63) is 29.1 Å². The van der Waals surface area contributed by atoms with Crippen molar-refractivity contribution >= 4 is 11.7 Å². The molecule has 1 saturated heterocycles. The topological polar surface area (TPSA) is 90.4 Å². The van der Waals surface area contributed by atoms with Gasteiger partial charge in [0.25, 0.3) is 0 Å². The second-order valence-electron chi connectivity index (χ2n) is 11.5. The van der Waals surface area contributed by atoms with Crippen molar-refractivity contribution in [2.24, 2.45) is 5.41 Å². The number of hydrogen-bond acceptors (Lipinski definition) is 7. The van der Waals surface area contributed by atoms with Gasteiger partial charge in [0, 0.05) is 29.1 Å². The van der Waals surface area contributed by atoms with Crippen molar-refractivity contribution in [3.63, 3.8) is 0 Å². The van der Waals surface area contributed by atoms with E-state index < -0.39 is 5.97 Å². The number of aliphatic carboxylic acids is 1. The Balaban J connectivity index is 2.37. The first-order valence-electron chi connectivity index (χ1n) is 12.7. The lowest BCUT2D eigenvalue weighted by atomic mass is 9.80. The second kappa shape index (κ2) is 10.8. The third-order valence-electron chi connectivity index (χ3n) is 6.82. The lowest BCUT2D eigenvalue weighted by molar-refractivity contribution is -0.136. The summed E-state index contributed by atoms with van der Waals surface area (Å²) in [5.74, 6) is 0.624. The maximum atomic E-state index is 12.1. The molecular weight excluding hydrogens is 472 g/mol. The lowest BCUT2D eigenvalue weighted by Crippen LogP contribution is -2.50. The third kappa shape index (κ3) is 6.29. The van der Waals surface area contributed by atoms with E-state index >= 15 is 0 Å². The van der Waals surface area contributed by atoms with E-state index in [1.54, 1.807) is 21.3 Å². The molecule has 37 heavy (non-hydrogen) atoms. The summed E-state index contributed by atoms with van der Waals surface area (Å²) < 4.78 is 23.5. The highest BCUT2D eigenvalue weighted by atomic mass is 16.5. The Morgan fingerprint density at radius 2 is 1.68 bits per heavy atom. The highest BCUT2D eigenvalue weighted by Gasteiger charge is 2.39. The zero-order valence-electron chi connectivity index (χ0n) is 23.9. The number of aromatic nitrogens is 1. The maximum Gasteiger partial charge on any atom is 0.307 e. The van der Waals surface area contributed by atoms with Crippen LogP contribution in [0.15, 0.2) is 12.1 Å². The number of hydrogen-bond donors (Lipinski definition) is 1. The predicted molar refractivity (Wildman–Crippen MR) is 145 cm³/mol. The normalized spacial score (nSPS) is 17.5. The molecule has 1 aromatic heterocycles. The minimum atomic E-state index is -0.906. The van der Waals surface area contributed by atoms with Crippen molar-refractivity contribution in [3.8, 4) is 28.4 Å². The average molecular weight is 515 g/mol. The molecule has 1 aromatic carbocycles. The SMILES string of the molecule is COc1cc(-c2c(C)nc(C)c(CC(=O)O)c2N2CCC(C)(C)CC2OC(C)(C)C)cc(OC)c1OC. The zero-order chi connectivity index (χ0) is 27.7. The first-order chi connectivity index (χ1) is 17.2. The van der Waals surface area contributed by atoms with Gasteiger partial charge < -0.3 is 29.0 Å². The Kier molecular flexibility index (Phi) is 8.32. The Morgan fingerprint density at radius 1 is 1.08 bits per heavy atom. The van der Waals surface area contributed by atoms with Crippen LogP contribution in [0.1, 0.15) is 64.4 Å². The Bertz CT molecular complexity index is 1130. The number of methoxy groups -OCH3 is 3.